The van der Waals surface area contributed by atoms with Crippen LogP contribution in [0.2, 0.25) is 0 Å². The van der Waals surface area contributed by atoms with Crippen LogP contribution in [0.25, 0.3) is 12.3 Å². The molecule has 0 bridgehead atoms. The van der Waals surface area contributed by atoms with Gasteiger partial charge in [-0.3, -0.25) is 19.9 Å². The summed E-state index contributed by atoms with van der Waals surface area (Å²) < 4.78 is 14.1. The molecule has 2 aliphatic rings. The van der Waals surface area contributed by atoms with E-state index in [1.807, 2.05) is 31.2 Å². The molecular formula is C23H28N6O4S2. The minimum atomic E-state index is -0.189. The first-order valence-electron chi connectivity index (χ1n) is 11.2. The molecule has 1 aromatic heterocycles. The summed E-state index contributed by atoms with van der Waals surface area (Å²) >= 11 is 2.67. The lowest BCUT2D eigenvalue weighted by Gasteiger charge is -2.26. The number of aryl methyl sites for hydroxylation is 1. The topological polar surface area (TPSA) is 112 Å². The van der Waals surface area contributed by atoms with Gasteiger partial charge in [0.05, 0.1) is 29.6 Å². The highest BCUT2D eigenvalue weighted by Crippen LogP contribution is 2.26. The van der Waals surface area contributed by atoms with Gasteiger partial charge in [-0.05, 0) is 48.7 Å². The number of aromatic amines is 1. The molecule has 0 atom stereocenters. The SMILES string of the molecule is CC(=O)NN1CC=C(C=c2sc(=CN=Nc3ccc(OCCN4CCOCC4)cc3C)[nH]c2=O)S1. The highest BCUT2D eigenvalue weighted by molar-refractivity contribution is 8.01. The lowest BCUT2D eigenvalue weighted by molar-refractivity contribution is -0.121. The number of ether oxygens (including phenoxy) is 2. The number of carbonyl (C=O) groups is 1. The Bertz CT molecular complexity index is 1280. The third kappa shape index (κ3) is 7.61. The lowest BCUT2D eigenvalue weighted by Crippen LogP contribution is -2.38. The van der Waals surface area contributed by atoms with Crippen molar-refractivity contribution in [3.05, 3.63) is 54.3 Å². The Morgan fingerprint density at radius 2 is 2.17 bits per heavy atom. The number of allylic oxidation sites excluding steroid dienone is 1. The molecule has 3 heterocycles. The third-order valence-electron chi connectivity index (χ3n) is 5.20. The highest BCUT2D eigenvalue weighted by Gasteiger charge is 2.14. The number of rotatable bonds is 8. The molecule has 12 heteroatoms. The van der Waals surface area contributed by atoms with E-state index in [1.165, 1.54) is 36.4 Å². The fraction of sp³-hybridized carbons (Fsp3) is 0.391. The molecule has 0 saturated carbocycles. The number of hydrogen-bond acceptors (Lipinski definition) is 10. The fourth-order valence-electron chi connectivity index (χ4n) is 3.44. The van der Waals surface area contributed by atoms with Crippen LogP contribution >= 0.6 is 23.3 Å². The molecule has 10 nitrogen and oxygen atoms in total. The molecule has 35 heavy (non-hydrogen) atoms. The van der Waals surface area contributed by atoms with Crippen molar-refractivity contribution in [2.45, 2.75) is 13.8 Å². The van der Waals surface area contributed by atoms with Crippen LogP contribution in [0.5, 0.6) is 5.75 Å². The van der Waals surface area contributed by atoms with Crippen molar-refractivity contribution in [3.8, 4) is 5.75 Å². The first-order chi connectivity index (χ1) is 17.0. The Hall–Kier alpha value is -2.77. The number of thiazole rings is 1. The van der Waals surface area contributed by atoms with Gasteiger partial charge >= 0.3 is 0 Å². The van der Waals surface area contributed by atoms with Crippen molar-refractivity contribution in [3.63, 3.8) is 0 Å². The zero-order valence-electron chi connectivity index (χ0n) is 19.7. The van der Waals surface area contributed by atoms with Crippen LogP contribution in [-0.2, 0) is 9.53 Å². The van der Waals surface area contributed by atoms with E-state index in [4.69, 9.17) is 9.47 Å². The van der Waals surface area contributed by atoms with Gasteiger partial charge < -0.3 is 14.5 Å². The average Bonchev–Trinajstić information content (AvgIpc) is 3.41. The second-order valence-corrected chi connectivity index (χ2v) is 10.1. The van der Waals surface area contributed by atoms with Crippen molar-refractivity contribution in [1.82, 2.24) is 19.7 Å². The number of hydrogen-bond donors (Lipinski definition) is 2. The molecule has 186 valence electrons. The second-order valence-electron chi connectivity index (χ2n) is 7.95. The predicted molar refractivity (Wildman–Crippen MR) is 138 cm³/mol. The van der Waals surface area contributed by atoms with Crippen molar-refractivity contribution in [2.24, 2.45) is 10.2 Å². The summed E-state index contributed by atoms with van der Waals surface area (Å²) in [5, 5.41) is 8.43. The zero-order valence-corrected chi connectivity index (χ0v) is 21.3. The molecule has 1 saturated heterocycles. The second kappa shape index (κ2) is 12.3. The summed E-state index contributed by atoms with van der Waals surface area (Å²) in [6.45, 7) is 8.95. The van der Waals surface area contributed by atoms with E-state index in [0.717, 1.165) is 54.8 Å². The molecule has 1 aromatic carbocycles. The lowest BCUT2D eigenvalue weighted by atomic mass is 10.2. The van der Waals surface area contributed by atoms with Crippen molar-refractivity contribution < 1.29 is 14.3 Å². The molecule has 2 aromatic rings. The van der Waals surface area contributed by atoms with Gasteiger partial charge in [0.15, 0.2) is 0 Å². The monoisotopic (exact) mass is 516 g/mol. The molecule has 4 rings (SSSR count). The number of hydrazine groups is 1. The van der Waals surface area contributed by atoms with Gasteiger partial charge in [-0.25, -0.2) is 0 Å². The minimum Gasteiger partial charge on any atom is -0.492 e. The standard InChI is InChI=1S/C23H28N6O4S2/c1-16-13-18(33-12-9-28-7-10-32-11-8-28)3-4-20(16)26-24-15-22-25-23(31)21(34-22)14-19-5-6-29(35-19)27-17(2)30/h3-5,13-15H,6-12H2,1-2H3,(H,25,31)(H,27,30). The van der Waals surface area contributed by atoms with E-state index in [0.29, 0.717) is 22.3 Å². The highest BCUT2D eigenvalue weighted by atomic mass is 32.2. The number of morpholine rings is 1. The number of carbonyl (C=O) groups excluding carboxylic acids is 1. The number of nitrogens with one attached hydrogen (secondary N) is 2. The van der Waals surface area contributed by atoms with Crippen molar-refractivity contribution >= 4 is 47.2 Å². The van der Waals surface area contributed by atoms with E-state index in [1.54, 1.807) is 10.5 Å². The average molecular weight is 517 g/mol. The van der Waals surface area contributed by atoms with Crippen molar-refractivity contribution in [1.29, 1.82) is 0 Å². The number of nitrogens with zero attached hydrogens (tertiary/aromatic N) is 4. The maximum atomic E-state index is 12.3. The number of amides is 1. The summed E-state index contributed by atoms with van der Waals surface area (Å²) in [6.07, 6.45) is 5.28. The fourth-order valence-corrected chi connectivity index (χ4v) is 5.22. The predicted octanol–water partition coefficient (Wildman–Crippen LogP) is 1.66. The Balaban J connectivity index is 1.34. The number of H-pyrrole nitrogens is 1. The number of benzene rings is 1. The van der Waals surface area contributed by atoms with Crippen LogP contribution in [0, 0.1) is 6.92 Å². The first-order valence-corrected chi connectivity index (χ1v) is 12.8. The van der Waals surface area contributed by atoms with E-state index < -0.39 is 0 Å². The molecule has 2 N–H and O–H groups in total. The largest absolute Gasteiger partial charge is 0.492 e. The number of azo groups is 1. The van der Waals surface area contributed by atoms with Crippen molar-refractivity contribution in [2.75, 3.05) is 46.0 Å². The molecule has 0 aliphatic carbocycles. The summed E-state index contributed by atoms with van der Waals surface area (Å²) in [5.74, 6) is 0.669. The number of aromatic nitrogens is 1. The van der Waals surface area contributed by atoms with Gasteiger partial charge in [-0.2, -0.15) is 14.6 Å². The van der Waals surface area contributed by atoms with Gasteiger partial charge in [-0.1, -0.05) is 6.08 Å². The van der Waals surface area contributed by atoms with E-state index in [9.17, 15) is 9.59 Å². The maximum absolute atomic E-state index is 12.3. The van der Waals surface area contributed by atoms with Crippen LogP contribution in [-0.4, -0.2) is 66.2 Å². The maximum Gasteiger partial charge on any atom is 0.266 e. The van der Waals surface area contributed by atoms with E-state index >= 15 is 0 Å². The summed E-state index contributed by atoms with van der Waals surface area (Å²) in [5.41, 5.74) is 4.21. The summed E-state index contributed by atoms with van der Waals surface area (Å²) in [4.78, 5) is 29.5. The summed E-state index contributed by atoms with van der Waals surface area (Å²) in [7, 11) is 0. The van der Waals surface area contributed by atoms with E-state index in [-0.39, 0.29) is 11.5 Å². The van der Waals surface area contributed by atoms with Crippen LogP contribution in [0.1, 0.15) is 12.5 Å². The minimum absolute atomic E-state index is 0.135. The Morgan fingerprint density at radius 1 is 1.34 bits per heavy atom. The van der Waals surface area contributed by atoms with Crippen LogP contribution < -0.4 is 24.9 Å². The normalized spacial score (nSPS) is 18.4. The molecule has 1 fully saturated rings. The molecule has 0 radical (unpaired) electrons. The molecular weight excluding hydrogens is 488 g/mol. The van der Waals surface area contributed by atoms with E-state index in [2.05, 4.69) is 25.5 Å². The van der Waals surface area contributed by atoms with Gasteiger partial charge in [0.2, 0.25) is 5.91 Å². The zero-order chi connectivity index (χ0) is 24.6. The molecule has 2 aliphatic heterocycles. The third-order valence-corrected chi connectivity index (χ3v) is 7.11. The van der Waals surface area contributed by atoms with Gasteiger partial charge in [0, 0.05) is 38.0 Å². The molecule has 0 spiro atoms. The smallest absolute Gasteiger partial charge is 0.266 e. The quantitative estimate of drug-likeness (QED) is 0.405. The molecule has 0 unspecified atom stereocenters. The van der Waals surface area contributed by atoms with Gasteiger partial charge in [0.25, 0.3) is 5.56 Å². The van der Waals surface area contributed by atoms with Crippen LogP contribution in [0.3, 0.4) is 0 Å². The van der Waals surface area contributed by atoms with Gasteiger partial charge in [0.1, 0.15) is 17.0 Å². The van der Waals surface area contributed by atoms with Crippen LogP contribution in [0.15, 0.2) is 44.2 Å². The Kier molecular flexibility index (Phi) is 8.88. The first kappa shape index (κ1) is 25.3. The Labute approximate surface area is 211 Å². The van der Waals surface area contributed by atoms with Crippen LogP contribution in [0.4, 0.5) is 5.69 Å². The molecule has 1 amide bonds. The Morgan fingerprint density at radius 3 is 2.94 bits per heavy atom. The van der Waals surface area contributed by atoms with Gasteiger partial charge in [-0.15, -0.1) is 11.3 Å². The summed E-state index contributed by atoms with van der Waals surface area (Å²) in [6, 6.07) is 5.71.